The van der Waals surface area contributed by atoms with Crippen LogP contribution in [0.4, 0.5) is 11.4 Å². The summed E-state index contributed by atoms with van der Waals surface area (Å²) in [6.45, 7) is 3.17. The molecule has 3 heterocycles. The van der Waals surface area contributed by atoms with E-state index in [9.17, 15) is 4.79 Å². The van der Waals surface area contributed by atoms with E-state index < -0.39 is 0 Å². The number of anilines is 2. The zero-order valence-corrected chi connectivity index (χ0v) is 18.5. The Morgan fingerprint density at radius 3 is 2.66 bits per heavy atom. The highest BCUT2D eigenvalue weighted by Crippen LogP contribution is 2.27. The van der Waals surface area contributed by atoms with Gasteiger partial charge in [0.2, 0.25) is 0 Å². The van der Waals surface area contributed by atoms with Crippen LogP contribution < -0.4 is 15.5 Å². The second-order valence-electron chi connectivity index (χ2n) is 8.20. The lowest BCUT2D eigenvalue weighted by atomic mass is 10.1. The quantitative estimate of drug-likeness (QED) is 0.624. The van der Waals surface area contributed by atoms with Crippen LogP contribution in [0.3, 0.4) is 0 Å². The lowest BCUT2D eigenvalue weighted by Crippen LogP contribution is -2.33. The molecule has 0 saturated carbocycles. The summed E-state index contributed by atoms with van der Waals surface area (Å²) < 4.78 is 0. The molecule has 0 spiro atoms. The van der Waals surface area contributed by atoms with Gasteiger partial charge in [0.15, 0.2) is 0 Å². The smallest absolute Gasteiger partial charge is 0.259 e. The number of nitrogens with one attached hydrogen (secondary N) is 2. The largest absolute Gasteiger partial charge is 0.381 e. The molecule has 1 aliphatic rings. The molecule has 0 unspecified atom stereocenters. The van der Waals surface area contributed by atoms with Gasteiger partial charge in [0, 0.05) is 55.8 Å². The predicted molar refractivity (Wildman–Crippen MR) is 129 cm³/mol. The Balaban J connectivity index is 1.61. The van der Waals surface area contributed by atoms with Crippen LogP contribution in [0.2, 0.25) is 0 Å². The normalized spacial score (nSPS) is 15.2. The molecule has 0 fully saturated rings. The molecule has 1 aromatic carbocycles. The summed E-state index contributed by atoms with van der Waals surface area (Å²) in [5.41, 5.74) is 4.95. The van der Waals surface area contributed by atoms with Crippen molar-refractivity contribution in [3.05, 3.63) is 83.9 Å². The van der Waals surface area contributed by atoms with Gasteiger partial charge in [-0.25, -0.2) is 0 Å². The molecule has 6 nitrogen and oxygen atoms in total. The Morgan fingerprint density at radius 2 is 1.81 bits per heavy atom. The third-order valence-corrected chi connectivity index (χ3v) is 5.82. The van der Waals surface area contributed by atoms with Crippen molar-refractivity contribution < 1.29 is 4.79 Å². The molecule has 0 atom stereocenters. The van der Waals surface area contributed by atoms with E-state index in [-0.39, 0.29) is 5.91 Å². The van der Waals surface area contributed by atoms with Crippen molar-refractivity contribution in [1.82, 2.24) is 15.3 Å². The maximum absolute atomic E-state index is 13.4. The van der Waals surface area contributed by atoms with E-state index in [1.165, 1.54) is 24.8 Å². The highest BCUT2D eigenvalue weighted by Gasteiger charge is 2.21. The molecule has 2 N–H and O–H groups in total. The van der Waals surface area contributed by atoms with Crippen molar-refractivity contribution in [2.24, 2.45) is 0 Å². The van der Waals surface area contributed by atoms with E-state index in [1.807, 2.05) is 29.2 Å². The molecule has 4 rings (SSSR count). The number of hydrogen-bond donors (Lipinski definition) is 2. The Morgan fingerprint density at radius 1 is 0.969 bits per heavy atom. The molecule has 32 heavy (non-hydrogen) atoms. The van der Waals surface area contributed by atoms with E-state index >= 15 is 0 Å². The summed E-state index contributed by atoms with van der Waals surface area (Å²) in [6.07, 6.45) is 12.7. The number of pyridine rings is 2. The Hall–Kier alpha value is -3.25. The predicted octanol–water partition coefficient (Wildman–Crippen LogP) is 4.79. The van der Waals surface area contributed by atoms with E-state index in [0.29, 0.717) is 12.1 Å². The molecule has 6 heteroatoms. The molecule has 0 saturated heterocycles. The zero-order valence-electron chi connectivity index (χ0n) is 18.5. The minimum Gasteiger partial charge on any atom is -0.381 e. The van der Waals surface area contributed by atoms with Crippen LogP contribution in [-0.2, 0) is 13.1 Å². The molecular formula is C26H31N5O. The standard InChI is InChI=1S/C26H31N5O/c32-26(22-7-6-13-29-19-22)31-16-5-3-1-2-4-12-28-20-23-17-24(8-9-25(23)31)30-18-21-10-14-27-15-11-21/h6-11,13-15,17,19,28,30H,1-5,12,16,18,20H2. The van der Waals surface area contributed by atoms with Crippen molar-refractivity contribution in [3.63, 3.8) is 0 Å². The van der Waals surface area contributed by atoms with Crippen molar-refractivity contribution in [3.8, 4) is 0 Å². The lowest BCUT2D eigenvalue weighted by molar-refractivity contribution is 0.0986. The SMILES string of the molecule is O=C(c1cccnc1)N1CCCCCCCNCc2cc(NCc3ccncc3)ccc21. The van der Waals surface area contributed by atoms with Gasteiger partial charge in [0.05, 0.1) is 5.56 Å². The third-order valence-electron chi connectivity index (χ3n) is 5.82. The molecular weight excluding hydrogens is 398 g/mol. The van der Waals surface area contributed by atoms with Gasteiger partial charge in [0.1, 0.15) is 0 Å². The van der Waals surface area contributed by atoms with E-state index in [0.717, 1.165) is 49.4 Å². The second-order valence-corrected chi connectivity index (χ2v) is 8.20. The molecule has 0 radical (unpaired) electrons. The topological polar surface area (TPSA) is 70.2 Å². The van der Waals surface area contributed by atoms with Crippen LogP contribution in [0.15, 0.2) is 67.3 Å². The number of carbonyl (C=O) groups excluding carboxylic acids is 1. The highest BCUT2D eigenvalue weighted by molar-refractivity contribution is 6.06. The number of amides is 1. The summed E-state index contributed by atoms with van der Waals surface area (Å²) in [5.74, 6) is 0.00824. The second kappa shape index (κ2) is 11.4. The minimum absolute atomic E-state index is 0.00824. The highest BCUT2D eigenvalue weighted by atomic mass is 16.2. The molecule has 1 amide bonds. The number of aromatic nitrogens is 2. The van der Waals surface area contributed by atoms with Gasteiger partial charge in [-0.3, -0.25) is 14.8 Å². The van der Waals surface area contributed by atoms with Crippen LogP contribution in [0.1, 0.15) is 53.6 Å². The van der Waals surface area contributed by atoms with Crippen LogP contribution in [0.25, 0.3) is 0 Å². The van der Waals surface area contributed by atoms with Gasteiger partial charge in [-0.2, -0.15) is 0 Å². The van der Waals surface area contributed by atoms with Crippen molar-refractivity contribution in [2.75, 3.05) is 23.3 Å². The van der Waals surface area contributed by atoms with Crippen molar-refractivity contribution in [2.45, 2.75) is 45.2 Å². The fraction of sp³-hybridized carbons (Fsp3) is 0.346. The number of benzene rings is 1. The van der Waals surface area contributed by atoms with Gasteiger partial charge in [-0.15, -0.1) is 0 Å². The number of nitrogens with zero attached hydrogens (tertiary/aromatic N) is 3. The number of carbonyl (C=O) groups is 1. The lowest BCUT2D eigenvalue weighted by Gasteiger charge is -2.27. The molecule has 0 bridgehead atoms. The summed E-state index contributed by atoms with van der Waals surface area (Å²) in [6, 6.07) is 14.0. The molecule has 166 valence electrons. The van der Waals surface area contributed by atoms with E-state index in [4.69, 9.17) is 0 Å². The van der Waals surface area contributed by atoms with Gasteiger partial charge >= 0.3 is 0 Å². The summed E-state index contributed by atoms with van der Waals surface area (Å²) in [7, 11) is 0. The van der Waals surface area contributed by atoms with Gasteiger partial charge in [-0.1, -0.05) is 19.3 Å². The first-order chi connectivity index (χ1) is 15.8. The number of fused-ring (bicyclic) bond motifs is 1. The number of rotatable bonds is 4. The number of hydrogen-bond acceptors (Lipinski definition) is 5. The minimum atomic E-state index is 0.00824. The molecule has 0 aliphatic carbocycles. The van der Waals surface area contributed by atoms with Crippen LogP contribution >= 0.6 is 0 Å². The third kappa shape index (κ3) is 5.92. The fourth-order valence-corrected chi connectivity index (χ4v) is 4.05. The summed E-state index contributed by atoms with van der Waals surface area (Å²) >= 11 is 0. The Labute approximate surface area is 190 Å². The summed E-state index contributed by atoms with van der Waals surface area (Å²) in [4.78, 5) is 23.6. The fourth-order valence-electron chi connectivity index (χ4n) is 4.05. The van der Waals surface area contributed by atoms with Crippen molar-refractivity contribution >= 4 is 17.3 Å². The first-order valence-electron chi connectivity index (χ1n) is 11.5. The van der Waals surface area contributed by atoms with Crippen LogP contribution in [-0.4, -0.2) is 29.0 Å². The monoisotopic (exact) mass is 429 g/mol. The average Bonchev–Trinajstić information content (AvgIpc) is 2.84. The first kappa shape index (κ1) is 22.0. The Bertz CT molecular complexity index is 994. The summed E-state index contributed by atoms with van der Waals surface area (Å²) in [5, 5.41) is 7.08. The molecule has 2 aromatic heterocycles. The molecule has 3 aromatic rings. The Kier molecular flexibility index (Phi) is 7.82. The van der Waals surface area contributed by atoms with E-state index in [2.05, 4.69) is 38.8 Å². The van der Waals surface area contributed by atoms with Gasteiger partial charge in [-0.05, 0) is 73.0 Å². The van der Waals surface area contributed by atoms with Gasteiger partial charge in [0.25, 0.3) is 5.91 Å². The maximum atomic E-state index is 13.4. The molecule has 1 aliphatic heterocycles. The zero-order chi connectivity index (χ0) is 22.0. The van der Waals surface area contributed by atoms with Crippen LogP contribution in [0, 0.1) is 0 Å². The average molecular weight is 430 g/mol. The van der Waals surface area contributed by atoms with Crippen LogP contribution in [0.5, 0.6) is 0 Å². The maximum Gasteiger partial charge on any atom is 0.259 e. The van der Waals surface area contributed by atoms with E-state index in [1.54, 1.807) is 24.8 Å². The first-order valence-corrected chi connectivity index (χ1v) is 11.5. The van der Waals surface area contributed by atoms with Gasteiger partial charge < -0.3 is 15.5 Å². The van der Waals surface area contributed by atoms with Crippen molar-refractivity contribution in [1.29, 1.82) is 0 Å².